The van der Waals surface area contributed by atoms with E-state index in [0.29, 0.717) is 0 Å². The van der Waals surface area contributed by atoms with Crippen molar-refractivity contribution < 1.29 is 0 Å². The Bertz CT molecular complexity index is 2140. The van der Waals surface area contributed by atoms with E-state index in [0.717, 1.165) is 73.1 Å². The van der Waals surface area contributed by atoms with E-state index in [2.05, 4.69) is 40.3 Å². The first kappa shape index (κ1) is 26.3. The molecule has 0 aliphatic carbocycles. The highest BCUT2D eigenvalue weighted by atomic mass is 15.5. The van der Waals surface area contributed by atoms with E-state index in [-0.39, 0.29) is 0 Å². The molecule has 0 fully saturated rings. The molecule has 0 bridgehead atoms. The smallest absolute Gasteiger partial charge is 0.123 e. The number of benzene rings is 3. The Labute approximate surface area is 259 Å². The van der Waals surface area contributed by atoms with Gasteiger partial charge in [-0.05, 0) is 72.3 Å². The van der Waals surface area contributed by atoms with Crippen molar-refractivity contribution in [2.75, 3.05) is 0 Å². The molecule has 7 heteroatoms. The molecule has 5 heterocycles. The second kappa shape index (κ2) is 11.4. The first-order chi connectivity index (χ1) is 22.3. The van der Waals surface area contributed by atoms with Crippen molar-refractivity contribution in [1.29, 1.82) is 0 Å². The summed E-state index contributed by atoms with van der Waals surface area (Å²) in [7, 11) is 0. The zero-order chi connectivity index (χ0) is 30.0. The molecule has 8 rings (SSSR count). The van der Waals surface area contributed by atoms with Gasteiger partial charge in [0.25, 0.3) is 0 Å². The predicted molar refractivity (Wildman–Crippen MR) is 177 cm³/mol. The molecule has 0 unspecified atom stereocenters. The van der Waals surface area contributed by atoms with Crippen LogP contribution in [-0.2, 0) is 0 Å². The van der Waals surface area contributed by atoms with E-state index < -0.39 is 0 Å². The second-order valence-corrected chi connectivity index (χ2v) is 10.5. The zero-order valence-corrected chi connectivity index (χ0v) is 24.1. The maximum atomic E-state index is 5.12. The summed E-state index contributed by atoms with van der Waals surface area (Å²) in [5.74, 6) is 0. The van der Waals surface area contributed by atoms with Crippen molar-refractivity contribution >= 4 is 11.0 Å². The Morgan fingerprint density at radius 3 is 1.40 bits per heavy atom. The van der Waals surface area contributed by atoms with Crippen LogP contribution in [0.2, 0.25) is 0 Å². The van der Waals surface area contributed by atoms with Crippen molar-refractivity contribution in [2.24, 2.45) is 0 Å². The summed E-state index contributed by atoms with van der Waals surface area (Å²) in [5.41, 5.74) is 11.0. The molecule has 0 N–H and O–H groups in total. The monoisotopic (exact) mass is 579 g/mol. The summed E-state index contributed by atoms with van der Waals surface area (Å²) in [6, 6.07) is 46.2. The van der Waals surface area contributed by atoms with Crippen LogP contribution in [0.5, 0.6) is 0 Å². The molecule has 0 spiro atoms. The molecule has 3 aromatic carbocycles. The van der Waals surface area contributed by atoms with Gasteiger partial charge in [0.05, 0.1) is 39.9 Å². The van der Waals surface area contributed by atoms with Crippen LogP contribution in [0.4, 0.5) is 0 Å². The van der Waals surface area contributed by atoms with Crippen LogP contribution in [-0.4, -0.2) is 34.9 Å². The molecule has 7 nitrogen and oxygen atoms in total. The summed E-state index contributed by atoms with van der Waals surface area (Å²) in [5, 5.41) is 10.2. The SMILES string of the molecule is c1ccc(-c2ccccc2-n2nc3c(-c4cccc(-c5ccccn5)n4)ccc(-c4cccc(-c5ccccn5)n4)c3n2)cc1. The number of hydrogen-bond acceptors (Lipinski definition) is 6. The molecule has 0 atom stereocenters. The lowest BCUT2D eigenvalue weighted by Crippen LogP contribution is -2.01. The Hall–Kier alpha value is -6.34. The van der Waals surface area contributed by atoms with Gasteiger partial charge in [-0.15, -0.1) is 15.0 Å². The third-order valence-electron chi connectivity index (χ3n) is 7.65. The third-order valence-corrected chi connectivity index (χ3v) is 7.65. The maximum absolute atomic E-state index is 5.12. The molecule has 0 saturated carbocycles. The number of hydrogen-bond donors (Lipinski definition) is 0. The minimum atomic E-state index is 0.728. The van der Waals surface area contributed by atoms with Gasteiger partial charge in [-0.3, -0.25) is 9.97 Å². The number of para-hydroxylation sites is 1. The number of pyridine rings is 4. The molecule has 8 aromatic rings. The Kier molecular flexibility index (Phi) is 6.66. The minimum absolute atomic E-state index is 0.728. The van der Waals surface area contributed by atoms with Crippen LogP contribution < -0.4 is 0 Å². The average molecular weight is 580 g/mol. The highest BCUT2D eigenvalue weighted by molar-refractivity contribution is 5.99. The fourth-order valence-electron chi connectivity index (χ4n) is 5.51. The Balaban J connectivity index is 1.34. The Morgan fingerprint density at radius 2 is 0.844 bits per heavy atom. The molecule has 0 aliphatic rings. The van der Waals surface area contributed by atoms with Gasteiger partial charge in [0.15, 0.2) is 0 Å². The molecule has 0 saturated heterocycles. The predicted octanol–water partition coefficient (Wildman–Crippen LogP) is 8.34. The fraction of sp³-hybridized carbons (Fsp3) is 0. The zero-order valence-electron chi connectivity index (χ0n) is 24.1. The fourth-order valence-corrected chi connectivity index (χ4v) is 5.51. The molecule has 0 amide bonds. The van der Waals surface area contributed by atoms with Crippen molar-refractivity contribution in [3.63, 3.8) is 0 Å². The number of rotatable bonds is 6. The van der Waals surface area contributed by atoms with Gasteiger partial charge in [0.1, 0.15) is 11.0 Å². The molecule has 45 heavy (non-hydrogen) atoms. The summed E-state index contributed by atoms with van der Waals surface area (Å²) in [6.07, 6.45) is 3.55. The number of fused-ring (bicyclic) bond motifs is 1. The number of nitrogens with zero attached hydrogens (tertiary/aromatic N) is 7. The normalized spacial score (nSPS) is 11.1. The largest absolute Gasteiger partial charge is 0.255 e. The van der Waals surface area contributed by atoms with Crippen LogP contribution in [0.15, 0.2) is 152 Å². The van der Waals surface area contributed by atoms with Crippen LogP contribution >= 0.6 is 0 Å². The van der Waals surface area contributed by atoms with Crippen LogP contribution in [0, 0.1) is 0 Å². The molecular formula is C38H25N7. The lowest BCUT2D eigenvalue weighted by Gasteiger charge is -2.08. The Morgan fingerprint density at radius 1 is 0.356 bits per heavy atom. The molecule has 5 aromatic heterocycles. The molecule has 0 aliphatic heterocycles. The van der Waals surface area contributed by atoms with Crippen molar-refractivity contribution in [3.05, 3.63) is 152 Å². The van der Waals surface area contributed by atoms with E-state index >= 15 is 0 Å². The van der Waals surface area contributed by atoms with Crippen molar-refractivity contribution in [3.8, 4) is 62.1 Å². The van der Waals surface area contributed by atoms with Crippen molar-refractivity contribution in [2.45, 2.75) is 0 Å². The number of aromatic nitrogens is 7. The van der Waals surface area contributed by atoms with Gasteiger partial charge in [-0.1, -0.05) is 72.8 Å². The highest BCUT2D eigenvalue weighted by Gasteiger charge is 2.19. The first-order valence-electron chi connectivity index (χ1n) is 14.6. The van der Waals surface area contributed by atoms with Crippen LogP contribution in [0.3, 0.4) is 0 Å². The molecule has 0 radical (unpaired) electrons. The van der Waals surface area contributed by atoms with Gasteiger partial charge in [-0.2, -0.15) is 0 Å². The van der Waals surface area contributed by atoms with E-state index in [1.165, 1.54) is 0 Å². The van der Waals surface area contributed by atoms with E-state index in [1.54, 1.807) is 17.2 Å². The lowest BCUT2D eigenvalue weighted by molar-refractivity contribution is 0.767. The van der Waals surface area contributed by atoms with Gasteiger partial charge >= 0.3 is 0 Å². The van der Waals surface area contributed by atoms with Gasteiger partial charge in [0, 0.05) is 29.1 Å². The van der Waals surface area contributed by atoms with E-state index in [9.17, 15) is 0 Å². The minimum Gasteiger partial charge on any atom is -0.255 e. The first-order valence-corrected chi connectivity index (χ1v) is 14.6. The quantitative estimate of drug-likeness (QED) is 0.197. The highest BCUT2D eigenvalue weighted by Crippen LogP contribution is 2.35. The topological polar surface area (TPSA) is 82.3 Å². The van der Waals surface area contributed by atoms with Crippen LogP contribution in [0.1, 0.15) is 0 Å². The summed E-state index contributed by atoms with van der Waals surface area (Å²) in [6.45, 7) is 0. The van der Waals surface area contributed by atoms with E-state index in [1.807, 2.05) is 109 Å². The molecule has 212 valence electrons. The van der Waals surface area contributed by atoms with E-state index in [4.69, 9.17) is 20.2 Å². The molecular weight excluding hydrogens is 554 g/mol. The summed E-state index contributed by atoms with van der Waals surface area (Å²) in [4.78, 5) is 20.7. The summed E-state index contributed by atoms with van der Waals surface area (Å²) < 4.78 is 0. The maximum Gasteiger partial charge on any atom is 0.123 e. The van der Waals surface area contributed by atoms with Gasteiger partial charge in [-0.25, -0.2) is 9.97 Å². The van der Waals surface area contributed by atoms with Gasteiger partial charge < -0.3 is 0 Å². The standard InChI is InChI=1S/C38H25N7/c1-2-12-26(13-3-1)27-14-4-5-21-36(27)45-43-37-28(30-17-10-19-34(41-30)32-15-6-8-24-39-32)22-23-29(38(37)44-45)31-18-11-20-35(42-31)33-16-7-9-25-40-33/h1-25H. The third kappa shape index (κ3) is 5.02. The van der Waals surface area contributed by atoms with Gasteiger partial charge in [0.2, 0.25) is 0 Å². The van der Waals surface area contributed by atoms with Crippen molar-refractivity contribution in [1.82, 2.24) is 34.9 Å². The van der Waals surface area contributed by atoms with Crippen LogP contribution in [0.25, 0.3) is 73.1 Å². The summed E-state index contributed by atoms with van der Waals surface area (Å²) >= 11 is 0. The lowest BCUT2D eigenvalue weighted by atomic mass is 10.0. The average Bonchev–Trinajstić information content (AvgIpc) is 3.58. The second-order valence-electron chi connectivity index (χ2n) is 10.5.